The lowest BCUT2D eigenvalue weighted by atomic mass is 9.85. The predicted molar refractivity (Wildman–Crippen MR) is 225 cm³/mol. The van der Waals surface area contributed by atoms with Gasteiger partial charge >= 0.3 is 0 Å². The highest BCUT2D eigenvalue weighted by atomic mass is 16.5. The first kappa shape index (κ1) is 28.7. The number of ether oxygens (including phenoxy) is 1. The summed E-state index contributed by atoms with van der Waals surface area (Å²) in [6.45, 7) is 0. The molecule has 1 heterocycles. The molecule has 11 aromatic rings. The van der Waals surface area contributed by atoms with Crippen LogP contribution in [0.4, 0.5) is 0 Å². The van der Waals surface area contributed by atoms with Crippen molar-refractivity contribution in [1.82, 2.24) is 0 Å². The van der Waals surface area contributed by atoms with E-state index in [2.05, 4.69) is 182 Å². The van der Waals surface area contributed by atoms with Gasteiger partial charge in [-0.1, -0.05) is 146 Å². The zero-order chi connectivity index (χ0) is 34.6. The first-order valence-electron chi connectivity index (χ1n) is 18.3. The van der Waals surface area contributed by atoms with Gasteiger partial charge in [0.1, 0.15) is 11.5 Å². The molecule has 1 nitrogen and oxygen atoms in total. The molecule has 244 valence electrons. The molecule has 0 fully saturated rings. The van der Waals surface area contributed by atoms with Gasteiger partial charge in [0.15, 0.2) is 0 Å². The molecule has 0 amide bonds. The lowest BCUT2D eigenvalue weighted by Gasteiger charge is -2.24. The second-order valence-corrected chi connectivity index (χ2v) is 14.4. The molecular formula is C52H30O. The fourth-order valence-corrected chi connectivity index (χ4v) is 9.25. The van der Waals surface area contributed by atoms with Crippen molar-refractivity contribution in [2.24, 2.45) is 0 Å². The van der Waals surface area contributed by atoms with E-state index in [4.69, 9.17) is 4.74 Å². The Morgan fingerprint density at radius 2 is 0.811 bits per heavy atom. The zero-order valence-corrected chi connectivity index (χ0v) is 28.7. The normalized spacial score (nSPS) is 12.3. The van der Waals surface area contributed by atoms with Crippen molar-refractivity contribution in [2.75, 3.05) is 0 Å². The number of rotatable bonds is 2. The van der Waals surface area contributed by atoms with E-state index >= 15 is 0 Å². The molecule has 0 saturated heterocycles. The summed E-state index contributed by atoms with van der Waals surface area (Å²) in [7, 11) is 0. The fraction of sp³-hybridized carbons (Fsp3) is 0. The SMILES string of the molecule is c1ccc2c(-c3ccc4c(c3)-c3cccc5c(-c6c7ccccc7cc7c6ccc6ccccc67)ccc(c35)O4)c3ccc4ccccc4c3cc2c1. The summed E-state index contributed by atoms with van der Waals surface area (Å²) in [6, 6.07) is 66.8. The Morgan fingerprint density at radius 3 is 1.49 bits per heavy atom. The van der Waals surface area contributed by atoms with Crippen molar-refractivity contribution in [3.63, 3.8) is 0 Å². The molecule has 1 aliphatic heterocycles. The Morgan fingerprint density at radius 1 is 0.264 bits per heavy atom. The van der Waals surface area contributed by atoms with Crippen molar-refractivity contribution >= 4 is 75.4 Å². The number of fused-ring (bicyclic) bond motifs is 10. The molecule has 1 aliphatic rings. The summed E-state index contributed by atoms with van der Waals surface area (Å²) in [5.41, 5.74) is 7.25. The minimum atomic E-state index is 0.888. The third-order valence-electron chi connectivity index (χ3n) is 11.6. The van der Waals surface area contributed by atoms with E-state index in [0.717, 1.165) is 22.4 Å². The smallest absolute Gasteiger partial charge is 0.135 e. The quantitative estimate of drug-likeness (QED) is 0.131. The highest BCUT2D eigenvalue weighted by molar-refractivity contribution is 6.24. The predicted octanol–water partition coefficient (Wildman–Crippen LogP) is 14.9. The van der Waals surface area contributed by atoms with Crippen LogP contribution >= 0.6 is 0 Å². The lowest BCUT2D eigenvalue weighted by molar-refractivity contribution is 0.487. The van der Waals surface area contributed by atoms with Gasteiger partial charge in [0.2, 0.25) is 0 Å². The molecule has 0 aromatic heterocycles. The van der Waals surface area contributed by atoms with Crippen LogP contribution in [-0.4, -0.2) is 0 Å². The van der Waals surface area contributed by atoms with Crippen LogP contribution < -0.4 is 4.74 Å². The van der Waals surface area contributed by atoms with Gasteiger partial charge in [-0.3, -0.25) is 0 Å². The highest BCUT2D eigenvalue weighted by Crippen LogP contribution is 2.52. The van der Waals surface area contributed by atoms with Gasteiger partial charge in [0, 0.05) is 10.9 Å². The summed E-state index contributed by atoms with van der Waals surface area (Å²) in [4.78, 5) is 0. The van der Waals surface area contributed by atoms with Crippen LogP contribution in [0.15, 0.2) is 182 Å². The van der Waals surface area contributed by atoms with Gasteiger partial charge in [0.05, 0.1) is 0 Å². The van der Waals surface area contributed by atoms with Gasteiger partial charge < -0.3 is 4.74 Å². The first-order chi connectivity index (χ1) is 26.3. The maximum Gasteiger partial charge on any atom is 0.135 e. The molecule has 0 saturated carbocycles. The van der Waals surface area contributed by atoms with E-state index in [1.807, 2.05) is 0 Å². The molecular weight excluding hydrogens is 641 g/mol. The van der Waals surface area contributed by atoms with Crippen LogP contribution in [0, 0.1) is 0 Å². The summed E-state index contributed by atoms with van der Waals surface area (Å²) < 4.78 is 6.80. The summed E-state index contributed by atoms with van der Waals surface area (Å²) in [5.74, 6) is 1.79. The Kier molecular flexibility index (Phi) is 5.84. The molecule has 0 atom stereocenters. The van der Waals surface area contributed by atoms with Gasteiger partial charge in [0.25, 0.3) is 0 Å². The third kappa shape index (κ3) is 4.08. The maximum atomic E-state index is 6.80. The first-order valence-corrected chi connectivity index (χ1v) is 18.3. The van der Waals surface area contributed by atoms with E-state index in [-0.39, 0.29) is 0 Å². The number of hydrogen-bond donors (Lipinski definition) is 0. The van der Waals surface area contributed by atoms with Crippen molar-refractivity contribution in [2.45, 2.75) is 0 Å². The molecule has 12 rings (SSSR count). The molecule has 11 aromatic carbocycles. The Bertz CT molecular complexity index is 3370. The van der Waals surface area contributed by atoms with Gasteiger partial charge in [-0.2, -0.15) is 0 Å². The van der Waals surface area contributed by atoms with Crippen molar-refractivity contribution in [3.05, 3.63) is 182 Å². The van der Waals surface area contributed by atoms with Crippen LogP contribution in [0.5, 0.6) is 11.5 Å². The van der Waals surface area contributed by atoms with Crippen molar-refractivity contribution in [3.8, 4) is 44.9 Å². The van der Waals surface area contributed by atoms with Crippen molar-refractivity contribution < 1.29 is 4.74 Å². The minimum Gasteiger partial charge on any atom is -0.456 e. The summed E-state index contributed by atoms with van der Waals surface area (Å²) >= 11 is 0. The largest absolute Gasteiger partial charge is 0.456 e. The van der Waals surface area contributed by atoms with Gasteiger partial charge in [-0.15, -0.1) is 0 Å². The van der Waals surface area contributed by atoms with Crippen LogP contribution in [0.1, 0.15) is 0 Å². The van der Waals surface area contributed by atoms with Crippen LogP contribution in [-0.2, 0) is 0 Å². The minimum absolute atomic E-state index is 0.888. The number of hydrogen-bond acceptors (Lipinski definition) is 1. The molecule has 0 spiro atoms. The second kappa shape index (κ2) is 10.8. The average Bonchev–Trinajstić information content (AvgIpc) is 3.22. The maximum absolute atomic E-state index is 6.80. The topological polar surface area (TPSA) is 9.23 Å². The van der Waals surface area contributed by atoms with E-state index in [9.17, 15) is 0 Å². The average molecular weight is 671 g/mol. The third-order valence-corrected chi connectivity index (χ3v) is 11.6. The monoisotopic (exact) mass is 670 g/mol. The van der Waals surface area contributed by atoms with E-state index in [0.29, 0.717) is 0 Å². The van der Waals surface area contributed by atoms with Crippen molar-refractivity contribution in [1.29, 1.82) is 0 Å². The highest BCUT2D eigenvalue weighted by Gasteiger charge is 2.24. The van der Waals surface area contributed by atoms with Crippen LogP contribution in [0.25, 0.3) is 109 Å². The van der Waals surface area contributed by atoms with E-state index in [1.54, 1.807) is 0 Å². The molecule has 0 bridgehead atoms. The van der Waals surface area contributed by atoms with Gasteiger partial charge in [-0.25, -0.2) is 0 Å². The summed E-state index contributed by atoms with van der Waals surface area (Å²) in [5, 5.41) is 17.5. The Balaban J connectivity index is 1.13. The van der Waals surface area contributed by atoms with Gasteiger partial charge in [-0.05, 0) is 134 Å². The lowest BCUT2D eigenvalue weighted by Crippen LogP contribution is -1.99. The molecule has 0 radical (unpaired) electrons. The molecule has 0 aliphatic carbocycles. The molecule has 0 unspecified atom stereocenters. The Hall–Kier alpha value is -6.96. The second-order valence-electron chi connectivity index (χ2n) is 14.4. The van der Waals surface area contributed by atoms with Crippen LogP contribution in [0.3, 0.4) is 0 Å². The number of benzene rings is 11. The standard InChI is InChI=1S/C52H30O/c1-5-14-36-31(10-1)20-23-43-45(36)28-33-12-3-7-16-38(33)50(43)35-22-26-48-47(30-35)41-19-9-18-40-42(25-27-49(53-48)52(40)41)51-39-17-8-4-13-34(39)29-46-37-15-6-2-11-32(37)21-24-44(46)51/h1-30H. The summed E-state index contributed by atoms with van der Waals surface area (Å²) in [6.07, 6.45) is 0. The van der Waals surface area contributed by atoms with E-state index in [1.165, 1.54) is 97.8 Å². The zero-order valence-electron chi connectivity index (χ0n) is 28.7. The molecule has 53 heavy (non-hydrogen) atoms. The Labute approximate surface area is 305 Å². The molecule has 0 N–H and O–H groups in total. The van der Waals surface area contributed by atoms with E-state index < -0.39 is 0 Å². The molecule has 1 heteroatoms. The fourth-order valence-electron chi connectivity index (χ4n) is 9.25. The van der Waals surface area contributed by atoms with Crippen LogP contribution in [0.2, 0.25) is 0 Å².